The van der Waals surface area contributed by atoms with Gasteiger partial charge in [0.25, 0.3) is 35.2 Å². The number of Topliss-reactive ketones (excluding diaryl/α,β-unsaturated/α-hetero) is 2. The zero-order valence-corrected chi connectivity index (χ0v) is 41.5. The molecule has 2 atom stereocenters. The van der Waals surface area contributed by atoms with Gasteiger partial charge in [-0.05, 0) is 52.0 Å². The molecule has 0 spiro atoms. The molecular formula is C50H51ClN14O8. The zero-order valence-electron chi connectivity index (χ0n) is 40.7. The maximum absolute atomic E-state index is 13.4. The van der Waals surface area contributed by atoms with Gasteiger partial charge in [0.2, 0.25) is 0 Å². The average Bonchev–Trinajstić information content (AvgIpc) is 4.27. The molecule has 4 amide bonds. The van der Waals surface area contributed by atoms with Gasteiger partial charge in [0.15, 0.2) is 11.0 Å². The van der Waals surface area contributed by atoms with Crippen LogP contribution < -0.4 is 9.47 Å². The molecule has 8 aromatic rings. The van der Waals surface area contributed by atoms with Gasteiger partial charge in [0, 0.05) is 74.9 Å². The number of amides is 4. The van der Waals surface area contributed by atoms with Crippen molar-refractivity contribution in [3.63, 3.8) is 0 Å². The van der Waals surface area contributed by atoms with Crippen LogP contribution in [0.15, 0.2) is 98.1 Å². The lowest BCUT2D eigenvalue weighted by atomic mass is 10.1. The van der Waals surface area contributed by atoms with Gasteiger partial charge < -0.3 is 39.0 Å². The van der Waals surface area contributed by atoms with Crippen LogP contribution in [0.3, 0.4) is 0 Å². The van der Waals surface area contributed by atoms with E-state index in [4.69, 9.17) is 21.1 Å². The molecule has 2 fully saturated rings. The van der Waals surface area contributed by atoms with Crippen LogP contribution in [-0.2, 0) is 9.59 Å². The third-order valence-electron chi connectivity index (χ3n) is 12.4. The molecule has 3 N–H and O–H groups in total. The van der Waals surface area contributed by atoms with E-state index in [0.29, 0.717) is 69.2 Å². The summed E-state index contributed by atoms with van der Waals surface area (Å²) in [6.45, 7) is 9.10. The number of rotatable bonds is 9. The van der Waals surface area contributed by atoms with Gasteiger partial charge in [-0.15, -0.1) is 0 Å². The summed E-state index contributed by atoms with van der Waals surface area (Å²) in [6, 6.07) is 17.6. The molecule has 6 aromatic heterocycles. The minimum absolute atomic E-state index is 0.0879. The van der Waals surface area contributed by atoms with Gasteiger partial charge >= 0.3 is 0 Å². The number of halogens is 1. The van der Waals surface area contributed by atoms with Crippen molar-refractivity contribution in [3.05, 3.63) is 137 Å². The molecule has 0 aliphatic carbocycles. The van der Waals surface area contributed by atoms with Crippen molar-refractivity contribution in [1.29, 1.82) is 0 Å². The number of hydrogen-bond donors (Lipinski definition) is 3. The maximum Gasteiger partial charge on any atom is 0.295 e. The van der Waals surface area contributed by atoms with E-state index in [1.54, 1.807) is 41.0 Å². The molecule has 2 saturated heterocycles. The molecule has 22 nitrogen and oxygen atoms in total. The van der Waals surface area contributed by atoms with Crippen molar-refractivity contribution in [3.8, 4) is 17.3 Å². The lowest BCUT2D eigenvalue weighted by Crippen LogP contribution is -2.56. The lowest BCUT2D eigenvalue weighted by Gasteiger charge is -2.39. The van der Waals surface area contributed by atoms with Crippen molar-refractivity contribution >= 4 is 68.6 Å². The number of methoxy groups -OCH3 is 2. The van der Waals surface area contributed by atoms with E-state index in [1.807, 2.05) is 57.2 Å². The molecule has 8 heterocycles. The highest BCUT2D eigenvalue weighted by Gasteiger charge is 2.36. The number of hydrogen-bond acceptors (Lipinski definition) is 14. The number of H-pyrrole nitrogens is 3. The molecule has 2 aliphatic heterocycles. The largest absolute Gasteiger partial charge is 0.494 e. The second-order valence-electron chi connectivity index (χ2n) is 17.1. The van der Waals surface area contributed by atoms with Gasteiger partial charge in [-0.1, -0.05) is 48.0 Å². The van der Waals surface area contributed by atoms with Gasteiger partial charge in [0.05, 0.1) is 59.5 Å². The summed E-state index contributed by atoms with van der Waals surface area (Å²) in [5.74, 6) is -0.212. The highest BCUT2D eigenvalue weighted by Crippen LogP contribution is 2.34. The standard InChI is InChI=1S/C25H25N7O4.C22H21ClN4O4.C3H5N3/c1-15-13-30(9-10-31(15)24(34)17-7-5-4-6-8-17)25(35)22(33)18-11-26-21-20(18)19(36-3)12-27-23(21)32-14-28-16(2)29-32;1-13-12-26(8-9-27(13)21(29)14-6-4-3-5-7-14)22(30)19(28)15-10-24-18-17(15)16(31-2)11-25-20(18)23;1-3-4-2-5-6-3/h4-8,11-12,14-15,26H,9-10,13H2,1-3H3;3-7,10-11,13,24H,8-9,12H2,1-2H3;2H,1H3,(H,4,5,6)/t15-;13-;/m11./s1. The number of ketones is 2. The van der Waals surface area contributed by atoms with Gasteiger partial charge in [-0.25, -0.2) is 24.6 Å². The van der Waals surface area contributed by atoms with E-state index in [9.17, 15) is 28.8 Å². The fraction of sp³-hybridized carbons (Fsp3) is 0.280. The first-order valence-electron chi connectivity index (χ1n) is 23.0. The molecule has 0 unspecified atom stereocenters. The Morgan fingerprint density at radius 3 is 1.56 bits per heavy atom. The molecule has 23 heteroatoms. The number of carbonyl (C=O) groups is 6. The van der Waals surface area contributed by atoms with E-state index in [-0.39, 0.29) is 66.4 Å². The third-order valence-corrected chi connectivity index (χ3v) is 12.6. The van der Waals surface area contributed by atoms with Crippen LogP contribution in [-0.4, -0.2) is 170 Å². The number of aryl methyl sites for hydroxylation is 2. The van der Waals surface area contributed by atoms with Crippen molar-refractivity contribution in [2.75, 3.05) is 53.5 Å². The molecule has 0 radical (unpaired) electrons. The number of carbonyl (C=O) groups excluding carboxylic acids is 6. The first-order valence-corrected chi connectivity index (χ1v) is 23.4. The Hall–Kier alpha value is -8.79. The van der Waals surface area contributed by atoms with Crippen LogP contribution in [0.5, 0.6) is 11.5 Å². The van der Waals surface area contributed by atoms with Gasteiger partial charge in [-0.3, -0.25) is 33.9 Å². The van der Waals surface area contributed by atoms with E-state index >= 15 is 0 Å². The van der Waals surface area contributed by atoms with Crippen LogP contribution >= 0.6 is 11.6 Å². The number of aromatic nitrogens is 10. The van der Waals surface area contributed by atoms with E-state index < -0.39 is 23.4 Å². The summed E-state index contributed by atoms with van der Waals surface area (Å²) in [4.78, 5) is 107. The highest BCUT2D eigenvalue weighted by molar-refractivity contribution is 6.46. The monoisotopic (exact) mass is 1010 g/mol. The summed E-state index contributed by atoms with van der Waals surface area (Å²) in [6.07, 6.45) is 8.83. The Balaban J connectivity index is 0.000000176. The van der Waals surface area contributed by atoms with Crippen LogP contribution in [0.4, 0.5) is 0 Å². The SMILES string of the molecule is COc1cnc(-n2cnc(C)n2)c2[nH]cc(C(=O)C(=O)N3CCN(C(=O)c4ccccc4)[C@H](C)C3)c12.COc1cnc(Cl)c2[nH]cc(C(=O)C(=O)N3CCN(C(=O)c4ccccc4)[C@H](C)C3)c12.Cc1ncn[nH]1. The minimum atomic E-state index is -0.665. The topological polar surface area (TPSA) is 263 Å². The number of piperazine rings is 2. The number of nitrogens with zero attached hydrogens (tertiary/aromatic N) is 11. The lowest BCUT2D eigenvalue weighted by molar-refractivity contribution is -0.129. The van der Waals surface area contributed by atoms with Gasteiger partial charge in [-0.2, -0.15) is 10.2 Å². The predicted molar refractivity (Wildman–Crippen MR) is 267 cm³/mol. The summed E-state index contributed by atoms with van der Waals surface area (Å²) in [5.41, 5.74) is 2.49. The number of nitrogens with one attached hydrogen (secondary N) is 3. The molecule has 2 aliphatic rings. The molecule has 2 aromatic carbocycles. The number of benzene rings is 2. The zero-order chi connectivity index (χ0) is 51.9. The molecule has 376 valence electrons. The van der Waals surface area contributed by atoms with Crippen molar-refractivity contribution in [2.24, 2.45) is 0 Å². The Kier molecular flexibility index (Phi) is 15.3. The molecule has 0 bridgehead atoms. The smallest absolute Gasteiger partial charge is 0.295 e. The predicted octanol–water partition coefficient (Wildman–Crippen LogP) is 4.91. The molecule has 73 heavy (non-hydrogen) atoms. The Labute approximate surface area is 422 Å². The Morgan fingerprint density at radius 1 is 0.644 bits per heavy atom. The van der Waals surface area contributed by atoms with E-state index in [2.05, 4.69) is 45.2 Å². The quantitative estimate of drug-likeness (QED) is 0.0986. The first-order chi connectivity index (χ1) is 35.2. The van der Waals surface area contributed by atoms with Crippen molar-refractivity contribution < 1.29 is 38.2 Å². The van der Waals surface area contributed by atoms with Crippen LogP contribution in [0.1, 0.15) is 66.9 Å². The molecule has 10 rings (SSSR count). The second-order valence-corrected chi connectivity index (χ2v) is 17.4. The molecular weight excluding hydrogens is 960 g/mol. The normalized spacial score (nSPS) is 15.5. The fourth-order valence-corrected chi connectivity index (χ4v) is 8.84. The van der Waals surface area contributed by atoms with Crippen LogP contribution in [0, 0.1) is 13.8 Å². The Morgan fingerprint density at radius 2 is 1.14 bits per heavy atom. The fourth-order valence-electron chi connectivity index (χ4n) is 8.65. The number of fused-ring (bicyclic) bond motifs is 2. The minimum Gasteiger partial charge on any atom is -0.494 e. The Bertz CT molecular complexity index is 3300. The first kappa shape index (κ1) is 50.6. The number of ether oxygens (including phenoxy) is 2. The summed E-state index contributed by atoms with van der Waals surface area (Å²) in [7, 11) is 2.93. The summed E-state index contributed by atoms with van der Waals surface area (Å²) >= 11 is 6.11. The summed E-state index contributed by atoms with van der Waals surface area (Å²) < 4.78 is 12.2. The third kappa shape index (κ3) is 10.6. The van der Waals surface area contributed by atoms with Crippen LogP contribution in [0.2, 0.25) is 5.15 Å². The summed E-state index contributed by atoms with van der Waals surface area (Å²) in [5, 5.41) is 11.6. The van der Waals surface area contributed by atoms with Crippen molar-refractivity contribution in [2.45, 2.75) is 39.8 Å². The van der Waals surface area contributed by atoms with E-state index in [1.165, 1.54) is 66.1 Å². The molecule has 0 saturated carbocycles. The van der Waals surface area contributed by atoms with E-state index in [0.717, 1.165) is 5.82 Å². The second kappa shape index (κ2) is 22.1. The van der Waals surface area contributed by atoms with Crippen LogP contribution in [0.25, 0.3) is 27.6 Å². The number of aromatic amines is 3. The number of pyridine rings is 2. The van der Waals surface area contributed by atoms with Crippen molar-refractivity contribution in [1.82, 2.24) is 69.5 Å². The highest BCUT2D eigenvalue weighted by atomic mass is 35.5. The maximum atomic E-state index is 13.4. The van der Waals surface area contributed by atoms with Gasteiger partial charge in [0.1, 0.15) is 35.8 Å². The average molecular weight is 1010 g/mol.